The Bertz CT molecular complexity index is 542. The van der Waals surface area contributed by atoms with Crippen molar-refractivity contribution in [3.05, 3.63) is 24.3 Å². The van der Waals surface area contributed by atoms with Crippen LogP contribution in [0.4, 0.5) is 11.4 Å². The predicted molar refractivity (Wildman–Crippen MR) is 78.0 cm³/mol. The van der Waals surface area contributed by atoms with Gasteiger partial charge in [0.15, 0.2) is 0 Å². The summed E-state index contributed by atoms with van der Waals surface area (Å²) in [7, 11) is 0. The molecule has 0 aliphatic heterocycles. The number of benzene rings is 1. The second-order valence-electron chi connectivity index (χ2n) is 4.62. The average Bonchev–Trinajstić information content (AvgIpc) is 2.41. The molecule has 0 aliphatic carbocycles. The van der Waals surface area contributed by atoms with Gasteiger partial charge in [0.2, 0.25) is 11.8 Å². The van der Waals surface area contributed by atoms with Crippen molar-refractivity contribution >= 4 is 23.2 Å². The van der Waals surface area contributed by atoms with Gasteiger partial charge >= 0.3 is 0 Å². The topological polar surface area (TPSA) is 82.0 Å². The molecule has 0 spiro atoms. The molecule has 106 valence electrons. The van der Waals surface area contributed by atoms with Gasteiger partial charge in [0, 0.05) is 18.3 Å². The van der Waals surface area contributed by atoms with Gasteiger partial charge in [0.05, 0.1) is 6.07 Å². The molecule has 2 N–H and O–H groups in total. The number of rotatable bonds is 5. The summed E-state index contributed by atoms with van der Waals surface area (Å²) in [5.41, 5.74) is 0.151. The van der Waals surface area contributed by atoms with E-state index >= 15 is 0 Å². The highest BCUT2D eigenvalue weighted by Crippen LogP contribution is 2.27. The lowest BCUT2D eigenvalue weighted by atomic mass is 9.83. The Kier molecular flexibility index (Phi) is 5.27. The van der Waals surface area contributed by atoms with Gasteiger partial charge in [-0.2, -0.15) is 5.26 Å². The van der Waals surface area contributed by atoms with E-state index in [0.717, 1.165) is 0 Å². The molecule has 0 aliphatic rings. The minimum atomic E-state index is -1.01. The average molecular weight is 273 g/mol. The number of carbonyl (C=O) groups is 2. The highest BCUT2D eigenvalue weighted by molar-refractivity contribution is 5.98. The predicted octanol–water partition coefficient (Wildman–Crippen LogP) is 2.91. The van der Waals surface area contributed by atoms with Crippen molar-refractivity contribution in [2.45, 2.75) is 33.6 Å². The van der Waals surface area contributed by atoms with Gasteiger partial charge < -0.3 is 10.6 Å². The number of nitrogens with zero attached hydrogens (tertiary/aromatic N) is 1. The number of carbonyl (C=O) groups excluding carboxylic acids is 2. The molecule has 0 aromatic heterocycles. The fourth-order valence-corrected chi connectivity index (χ4v) is 1.91. The van der Waals surface area contributed by atoms with Gasteiger partial charge in [-0.15, -0.1) is 0 Å². The van der Waals surface area contributed by atoms with Gasteiger partial charge in [-0.25, -0.2) is 0 Å². The molecule has 0 saturated heterocycles. The number of nitriles is 1. The Labute approximate surface area is 119 Å². The number of nitrogens with one attached hydrogen (secondary N) is 2. The molecule has 2 amide bonds. The molecular formula is C15H19N3O2. The molecule has 1 rings (SSSR count). The first-order chi connectivity index (χ1) is 9.47. The van der Waals surface area contributed by atoms with Crippen LogP contribution in [0.5, 0.6) is 0 Å². The van der Waals surface area contributed by atoms with E-state index in [1.54, 1.807) is 24.3 Å². The maximum atomic E-state index is 12.2. The number of hydrogen-bond acceptors (Lipinski definition) is 3. The lowest BCUT2D eigenvalue weighted by molar-refractivity contribution is -0.123. The molecular weight excluding hydrogens is 254 g/mol. The van der Waals surface area contributed by atoms with Crippen LogP contribution in [0.15, 0.2) is 24.3 Å². The highest BCUT2D eigenvalue weighted by Gasteiger charge is 2.34. The summed E-state index contributed by atoms with van der Waals surface area (Å²) in [5, 5.41) is 14.6. The summed E-state index contributed by atoms with van der Waals surface area (Å²) in [6, 6.07) is 8.94. The van der Waals surface area contributed by atoms with Crippen LogP contribution >= 0.6 is 0 Å². The Balaban J connectivity index is 2.91. The molecule has 0 fully saturated rings. The lowest BCUT2D eigenvalue weighted by Crippen LogP contribution is -2.33. The Morgan fingerprint density at radius 2 is 1.75 bits per heavy atom. The Morgan fingerprint density at radius 3 is 2.20 bits per heavy atom. The van der Waals surface area contributed by atoms with Crippen LogP contribution in [-0.2, 0) is 9.59 Å². The van der Waals surface area contributed by atoms with E-state index in [1.165, 1.54) is 6.92 Å². The molecule has 0 radical (unpaired) electrons. The zero-order chi connectivity index (χ0) is 15.2. The van der Waals surface area contributed by atoms with Crippen molar-refractivity contribution in [1.82, 2.24) is 0 Å². The van der Waals surface area contributed by atoms with E-state index < -0.39 is 5.41 Å². The first-order valence-electron chi connectivity index (χ1n) is 6.57. The second-order valence-corrected chi connectivity index (χ2v) is 4.62. The van der Waals surface area contributed by atoms with Gasteiger partial charge in [-0.1, -0.05) is 19.9 Å². The second kappa shape index (κ2) is 6.71. The van der Waals surface area contributed by atoms with E-state index in [1.807, 2.05) is 13.8 Å². The summed E-state index contributed by atoms with van der Waals surface area (Å²) in [6.07, 6.45) is 0.911. The molecule has 20 heavy (non-hydrogen) atoms. The number of anilines is 2. The molecule has 0 heterocycles. The van der Waals surface area contributed by atoms with Crippen molar-refractivity contribution in [1.29, 1.82) is 5.26 Å². The largest absolute Gasteiger partial charge is 0.326 e. The third kappa shape index (κ3) is 3.58. The SMILES string of the molecule is CCC(C#N)(CC)C(=O)Nc1cccc(NC(C)=O)c1. The number of amides is 2. The summed E-state index contributed by atoms with van der Waals surface area (Å²) >= 11 is 0. The lowest BCUT2D eigenvalue weighted by Gasteiger charge is -2.22. The molecule has 0 saturated carbocycles. The maximum Gasteiger partial charge on any atom is 0.244 e. The van der Waals surface area contributed by atoms with Gasteiger partial charge in [-0.05, 0) is 31.0 Å². The molecule has 0 unspecified atom stereocenters. The van der Waals surface area contributed by atoms with Crippen LogP contribution < -0.4 is 10.6 Å². The van der Waals surface area contributed by atoms with Crippen molar-refractivity contribution in [3.63, 3.8) is 0 Å². The zero-order valence-electron chi connectivity index (χ0n) is 12.0. The van der Waals surface area contributed by atoms with Gasteiger partial charge in [0.25, 0.3) is 0 Å². The summed E-state index contributed by atoms with van der Waals surface area (Å²) in [6.45, 7) is 5.06. The van der Waals surface area contributed by atoms with Crippen LogP contribution in [-0.4, -0.2) is 11.8 Å². The molecule has 1 aromatic carbocycles. The minimum Gasteiger partial charge on any atom is -0.326 e. The van der Waals surface area contributed by atoms with Crippen molar-refractivity contribution in [3.8, 4) is 6.07 Å². The quantitative estimate of drug-likeness (QED) is 0.865. The molecule has 5 heteroatoms. The highest BCUT2D eigenvalue weighted by atomic mass is 16.2. The molecule has 0 atom stereocenters. The van der Waals surface area contributed by atoms with E-state index in [0.29, 0.717) is 24.2 Å². The van der Waals surface area contributed by atoms with Crippen LogP contribution in [0, 0.1) is 16.7 Å². The molecule has 1 aromatic rings. The van der Waals surface area contributed by atoms with Crippen LogP contribution in [0.25, 0.3) is 0 Å². The normalized spacial score (nSPS) is 10.5. The van der Waals surface area contributed by atoms with E-state index in [9.17, 15) is 14.9 Å². The first-order valence-corrected chi connectivity index (χ1v) is 6.57. The van der Waals surface area contributed by atoms with Crippen LogP contribution in [0.3, 0.4) is 0 Å². The van der Waals surface area contributed by atoms with E-state index in [-0.39, 0.29) is 11.8 Å². The summed E-state index contributed by atoms with van der Waals surface area (Å²) in [5.74, 6) is -0.494. The fourth-order valence-electron chi connectivity index (χ4n) is 1.91. The number of hydrogen-bond donors (Lipinski definition) is 2. The summed E-state index contributed by atoms with van der Waals surface area (Å²) < 4.78 is 0. The first kappa shape index (κ1) is 15.7. The maximum absolute atomic E-state index is 12.2. The van der Waals surface area contributed by atoms with Crippen LogP contribution in [0.2, 0.25) is 0 Å². The zero-order valence-corrected chi connectivity index (χ0v) is 12.0. The third-order valence-electron chi connectivity index (χ3n) is 3.30. The molecule has 5 nitrogen and oxygen atoms in total. The Morgan fingerprint density at radius 1 is 1.20 bits per heavy atom. The smallest absolute Gasteiger partial charge is 0.244 e. The molecule has 0 bridgehead atoms. The Hall–Kier alpha value is -2.35. The van der Waals surface area contributed by atoms with Gasteiger partial charge in [-0.3, -0.25) is 9.59 Å². The van der Waals surface area contributed by atoms with Crippen LogP contribution in [0.1, 0.15) is 33.6 Å². The van der Waals surface area contributed by atoms with Crippen molar-refractivity contribution in [2.75, 3.05) is 10.6 Å². The third-order valence-corrected chi connectivity index (χ3v) is 3.30. The van der Waals surface area contributed by atoms with Crippen molar-refractivity contribution in [2.24, 2.45) is 5.41 Å². The fraction of sp³-hybridized carbons (Fsp3) is 0.400. The van der Waals surface area contributed by atoms with Crippen molar-refractivity contribution < 1.29 is 9.59 Å². The van der Waals surface area contributed by atoms with Gasteiger partial charge in [0.1, 0.15) is 5.41 Å². The van der Waals surface area contributed by atoms with E-state index in [4.69, 9.17) is 0 Å². The standard InChI is InChI=1S/C15H19N3O2/c1-4-15(5-2,10-16)14(20)18-13-8-6-7-12(9-13)17-11(3)19/h6-9H,4-5H2,1-3H3,(H,17,19)(H,18,20). The minimum absolute atomic E-state index is 0.179. The monoisotopic (exact) mass is 273 g/mol. The van der Waals surface area contributed by atoms with E-state index in [2.05, 4.69) is 16.7 Å². The summed E-state index contributed by atoms with van der Waals surface area (Å²) in [4.78, 5) is 23.2.